The largest absolute Gasteiger partial charge is 0.366 e. The van der Waals surface area contributed by atoms with Gasteiger partial charge in [-0.3, -0.25) is 14.9 Å². The van der Waals surface area contributed by atoms with Crippen molar-refractivity contribution in [2.45, 2.75) is 50.5 Å². The van der Waals surface area contributed by atoms with Gasteiger partial charge in [-0.05, 0) is 54.7 Å². The van der Waals surface area contributed by atoms with Gasteiger partial charge in [0.2, 0.25) is 0 Å². The Kier molecular flexibility index (Phi) is 5.71. The number of carbonyl (C=O) groups excluding carboxylic acids is 2. The van der Waals surface area contributed by atoms with Gasteiger partial charge in [0.15, 0.2) is 11.2 Å². The molecule has 2 fully saturated rings. The smallest absolute Gasteiger partial charge is 0.255 e. The maximum Gasteiger partial charge on any atom is 0.255 e. The molecule has 4 aliphatic heterocycles. The summed E-state index contributed by atoms with van der Waals surface area (Å²) in [4.78, 5) is 40.2. The fourth-order valence-electron chi connectivity index (χ4n) is 6.89. The molecule has 0 aliphatic carbocycles. The first-order valence-corrected chi connectivity index (χ1v) is 14.9. The fraction of sp³-hybridized carbons (Fsp3) is 0.333. The van der Waals surface area contributed by atoms with Crippen molar-refractivity contribution in [3.8, 4) is 11.1 Å². The summed E-state index contributed by atoms with van der Waals surface area (Å²) in [5.74, 6) is -1.23. The maximum absolute atomic E-state index is 15.6. The van der Waals surface area contributed by atoms with Gasteiger partial charge in [-0.15, -0.1) is 11.3 Å². The molecule has 2 N–H and O–H groups in total. The first-order chi connectivity index (χ1) is 20.0. The third-order valence-electron chi connectivity index (χ3n) is 8.88. The van der Waals surface area contributed by atoms with Crippen LogP contribution in [0.25, 0.3) is 11.1 Å². The van der Waals surface area contributed by atoms with Gasteiger partial charge in [-0.2, -0.15) is 0 Å². The summed E-state index contributed by atoms with van der Waals surface area (Å²) in [7, 11) is 0. The quantitative estimate of drug-likeness (QED) is 0.365. The van der Waals surface area contributed by atoms with Gasteiger partial charge in [-0.1, -0.05) is 12.1 Å². The van der Waals surface area contributed by atoms with Crippen LogP contribution in [-0.4, -0.2) is 56.4 Å². The van der Waals surface area contributed by atoms with E-state index in [9.17, 15) is 9.59 Å². The van der Waals surface area contributed by atoms with Gasteiger partial charge >= 0.3 is 0 Å². The normalized spacial score (nSPS) is 21.4. The lowest BCUT2D eigenvalue weighted by atomic mass is 9.99. The van der Waals surface area contributed by atoms with Gasteiger partial charge < -0.3 is 19.7 Å². The second kappa shape index (κ2) is 9.49. The van der Waals surface area contributed by atoms with Crippen LogP contribution in [0.1, 0.15) is 46.2 Å². The summed E-state index contributed by atoms with van der Waals surface area (Å²) in [5.41, 5.74) is 4.71. The van der Waals surface area contributed by atoms with Crippen LogP contribution >= 0.6 is 11.3 Å². The zero-order valence-corrected chi connectivity index (χ0v) is 23.0. The Bertz CT molecular complexity index is 1670. The summed E-state index contributed by atoms with van der Waals surface area (Å²) in [6, 6.07) is 11.5. The van der Waals surface area contributed by atoms with Crippen molar-refractivity contribution in [1.29, 1.82) is 0 Å². The maximum atomic E-state index is 15.6. The third kappa shape index (κ3) is 4.06. The van der Waals surface area contributed by atoms with Crippen LogP contribution < -0.4 is 15.5 Å². The number of thiazole rings is 1. The van der Waals surface area contributed by atoms with Crippen LogP contribution in [0, 0.1) is 5.82 Å². The van der Waals surface area contributed by atoms with Gasteiger partial charge in [0, 0.05) is 65.8 Å². The van der Waals surface area contributed by atoms with Crippen molar-refractivity contribution in [1.82, 2.24) is 24.8 Å². The number of fused-ring (bicyclic) bond motifs is 4. The molecule has 2 amide bonds. The van der Waals surface area contributed by atoms with E-state index in [-0.39, 0.29) is 18.0 Å². The molecule has 0 radical (unpaired) electrons. The molecule has 2 aromatic heterocycles. The van der Waals surface area contributed by atoms with E-state index < -0.39 is 17.8 Å². The second-order valence-corrected chi connectivity index (χ2v) is 12.1. The number of halogens is 1. The lowest BCUT2D eigenvalue weighted by molar-refractivity contribution is -0.121. The molecule has 0 saturated carbocycles. The van der Waals surface area contributed by atoms with Gasteiger partial charge in [0.05, 0.1) is 18.6 Å². The van der Waals surface area contributed by atoms with E-state index in [0.717, 1.165) is 49.4 Å². The highest BCUT2D eigenvalue weighted by molar-refractivity contribution is 7.13. The number of piperazine rings is 1. The topological polar surface area (TPSA) is 95.4 Å². The third-order valence-corrected chi connectivity index (χ3v) is 9.57. The molecule has 4 aromatic rings. The lowest BCUT2D eigenvalue weighted by Crippen LogP contribution is -2.43. The zero-order valence-electron chi connectivity index (χ0n) is 22.2. The van der Waals surface area contributed by atoms with Crippen LogP contribution in [-0.2, 0) is 24.3 Å². The Morgan fingerprint density at radius 2 is 2.05 bits per heavy atom. The number of imidazole rings is 1. The molecule has 6 heterocycles. The first kappa shape index (κ1) is 24.7. The molecule has 11 heteroatoms. The Hall–Kier alpha value is -4.09. The minimum absolute atomic E-state index is 0.00692. The Morgan fingerprint density at radius 3 is 2.80 bits per heavy atom. The highest BCUT2D eigenvalue weighted by Gasteiger charge is 2.42. The number of nitrogens with zero attached hydrogens (tertiary/aromatic N) is 5. The summed E-state index contributed by atoms with van der Waals surface area (Å²) < 4.78 is 17.6. The van der Waals surface area contributed by atoms with Crippen molar-refractivity contribution < 1.29 is 14.0 Å². The Morgan fingerprint density at radius 1 is 1.17 bits per heavy atom. The van der Waals surface area contributed by atoms with E-state index in [2.05, 4.69) is 37.6 Å². The van der Waals surface area contributed by atoms with Gasteiger partial charge in [0.1, 0.15) is 5.82 Å². The average Bonchev–Trinajstić information content (AvgIpc) is 3.82. The SMILES string of the molecule is O=C(Nc1nccs1)C(c1ncn2c1CCC2)N1Cc2c(F)cc(-c3ccc(N4C[C@H]5C[C@@H]4CN5)cc3)cc2C1=O. The molecule has 0 spiro atoms. The van der Waals surface area contributed by atoms with E-state index in [1.165, 1.54) is 28.7 Å². The van der Waals surface area contributed by atoms with E-state index in [4.69, 9.17) is 0 Å². The molecular formula is C30H28FN7O2S. The predicted molar refractivity (Wildman–Crippen MR) is 153 cm³/mol. The molecule has 2 bridgehead atoms. The van der Waals surface area contributed by atoms with E-state index >= 15 is 4.39 Å². The van der Waals surface area contributed by atoms with Crippen LogP contribution in [0.2, 0.25) is 0 Å². The predicted octanol–water partition coefficient (Wildman–Crippen LogP) is 3.98. The molecule has 41 heavy (non-hydrogen) atoms. The van der Waals surface area contributed by atoms with Crippen LogP contribution in [0.5, 0.6) is 0 Å². The summed E-state index contributed by atoms with van der Waals surface area (Å²) in [5, 5.41) is 8.57. The molecular weight excluding hydrogens is 541 g/mol. The number of amides is 2. The average molecular weight is 570 g/mol. The summed E-state index contributed by atoms with van der Waals surface area (Å²) in [6.07, 6.45) is 6.22. The second-order valence-electron chi connectivity index (χ2n) is 11.2. The minimum Gasteiger partial charge on any atom is -0.366 e. The molecule has 4 aliphatic rings. The van der Waals surface area contributed by atoms with Crippen LogP contribution in [0.3, 0.4) is 0 Å². The number of nitrogens with one attached hydrogen (secondary N) is 2. The minimum atomic E-state index is -0.999. The standard InChI is InChI=1S/C30H28FN7O2S/c31-24-11-18(17-3-5-20(6-4-17)37-14-19-12-21(37)13-33-19)10-22-23(24)15-38(29(22)40)27(28(39)35-30-32-7-9-41-30)26-25-2-1-8-36(25)16-34-26/h3-7,9-11,16,19,21,27,33H,1-2,8,12-15H2,(H,32,35,39)/t19-,21-,27?/m1/s1. The van der Waals surface area contributed by atoms with Crippen molar-refractivity contribution in [2.24, 2.45) is 0 Å². The van der Waals surface area contributed by atoms with Gasteiger partial charge in [-0.25, -0.2) is 14.4 Å². The molecule has 3 atom stereocenters. The van der Waals surface area contributed by atoms with Crippen LogP contribution in [0.4, 0.5) is 15.2 Å². The number of aromatic nitrogens is 3. The lowest BCUT2D eigenvalue weighted by Gasteiger charge is -2.29. The van der Waals surface area contributed by atoms with Crippen molar-refractivity contribution >= 4 is 34.0 Å². The molecule has 8 rings (SSSR count). The molecule has 208 valence electrons. The monoisotopic (exact) mass is 569 g/mol. The Balaban J connectivity index is 1.11. The van der Waals surface area contributed by atoms with E-state index in [1.54, 1.807) is 24.0 Å². The Labute approximate surface area is 240 Å². The van der Waals surface area contributed by atoms with E-state index in [1.807, 2.05) is 16.7 Å². The summed E-state index contributed by atoms with van der Waals surface area (Å²) in [6.45, 7) is 2.82. The first-order valence-electron chi connectivity index (χ1n) is 14.0. The number of hydrogen-bond acceptors (Lipinski definition) is 7. The molecule has 2 saturated heterocycles. The fourth-order valence-corrected chi connectivity index (χ4v) is 7.42. The number of anilines is 2. The van der Waals surface area contributed by atoms with Gasteiger partial charge in [0.25, 0.3) is 11.8 Å². The van der Waals surface area contributed by atoms with Crippen molar-refractivity contribution in [3.05, 3.63) is 82.6 Å². The number of carbonyl (C=O) groups is 2. The molecule has 9 nitrogen and oxygen atoms in total. The van der Waals surface area contributed by atoms with Crippen molar-refractivity contribution in [2.75, 3.05) is 23.3 Å². The summed E-state index contributed by atoms with van der Waals surface area (Å²) >= 11 is 1.30. The molecule has 2 aromatic carbocycles. The number of hydrogen-bond donors (Lipinski definition) is 2. The highest BCUT2D eigenvalue weighted by atomic mass is 32.1. The highest BCUT2D eigenvalue weighted by Crippen LogP contribution is 2.38. The van der Waals surface area contributed by atoms with Crippen molar-refractivity contribution in [3.63, 3.8) is 0 Å². The molecule has 1 unspecified atom stereocenters. The van der Waals surface area contributed by atoms with Crippen LogP contribution in [0.15, 0.2) is 54.3 Å². The number of aryl methyl sites for hydroxylation is 1. The van der Waals surface area contributed by atoms with E-state index in [0.29, 0.717) is 34.0 Å². The number of benzene rings is 2. The number of rotatable bonds is 6. The zero-order chi connectivity index (χ0) is 27.7.